The Morgan fingerprint density at radius 1 is 1.12 bits per heavy atom. The predicted octanol–water partition coefficient (Wildman–Crippen LogP) is 3.15. The second-order valence-electron chi connectivity index (χ2n) is 7.01. The van der Waals surface area contributed by atoms with Crippen molar-refractivity contribution in [2.45, 2.75) is 64.3 Å². The van der Waals surface area contributed by atoms with E-state index in [1.54, 1.807) is 16.7 Å². The molecule has 5 heteroatoms. The SMILES string of the molecule is CN=C(NCCCCn1ccccc1=O)NCCCC1CCCCC1. The molecule has 0 bridgehead atoms. The molecule has 1 aliphatic carbocycles. The van der Waals surface area contributed by atoms with Crippen LogP contribution >= 0.6 is 0 Å². The van der Waals surface area contributed by atoms with Crippen molar-refractivity contribution in [2.24, 2.45) is 10.9 Å². The molecule has 1 heterocycles. The number of nitrogens with zero attached hydrogens (tertiary/aromatic N) is 2. The Balaban J connectivity index is 1.51. The molecule has 2 N–H and O–H groups in total. The van der Waals surface area contributed by atoms with E-state index in [0.29, 0.717) is 0 Å². The van der Waals surface area contributed by atoms with Gasteiger partial charge in [0.25, 0.3) is 0 Å². The third-order valence-corrected chi connectivity index (χ3v) is 5.05. The van der Waals surface area contributed by atoms with Crippen LogP contribution in [0.4, 0.5) is 0 Å². The van der Waals surface area contributed by atoms with Crippen molar-refractivity contribution in [1.29, 1.82) is 0 Å². The molecular weight excluding hydrogens is 312 g/mol. The summed E-state index contributed by atoms with van der Waals surface area (Å²) in [4.78, 5) is 15.9. The van der Waals surface area contributed by atoms with Gasteiger partial charge >= 0.3 is 0 Å². The summed E-state index contributed by atoms with van der Waals surface area (Å²) in [6.45, 7) is 2.65. The second-order valence-corrected chi connectivity index (χ2v) is 7.01. The molecule has 1 saturated carbocycles. The summed E-state index contributed by atoms with van der Waals surface area (Å²) in [5.74, 6) is 1.84. The topological polar surface area (TPSA) is 58.4 Å². The Morgan fingerprint density at radius 2 is 1.88 bits per heavy atom. The fourth-order valence-electron chi connectivity index (χ4n) is 3.55. The number of hydrogen-bond donors (Lipinski definition) is 2. The van der Waals surface area contributed by atoms with Gasteiger partial charge in [-0.25, -0.2) is 0 Å². The third-order valence-electron chi connectivity index (χ3n) is 5.05. The van der Waals surface area contributed by atoms with Crippen LogP contribution in [-0.2, 0) is 6.54 Å². The molecule has 5 nitrogen and oxygen atoms in total. The molecule has 1 fully saturated rings. The molecule has 0 amide bonds. The van der Waals surface area contributed by atoms with Crippen LogP contribution in [0.1, 0.15) is 57.8 Å². The zero-order valence-electron chi connectivity index (χ0n) is 15.7. The van der Waals surface area contributed by atoms with E-state index < -0.39 is 0 Å². The van der Waals surface area contributed by atoms with Crippen molar-refractivity contribution in [2.75, 3.05) is 20.1 Å². The molecule has 0 unspecified atom stereocenters. The molecule has 0 radical (unpaired) electrons. The van der Waals surface area contributed by atoms with E-state index in [4.69, 9.17) is 0 Å². The van der Waals surface area contributed by atoms with Crippen LogP contribution in [0, 0.1) is 5.92 Å². The van der Waals surface area contributed by atoms with Gasteiger partial charge in [-0.1, -0.05) is 38.2 Å². The fourth-order valence-corrected chi connectivity index (χ4v) is 3.55. The first kappa shape index (κ1) is 19.5. The standard InChI is InChI=1S/C20H34N4O/c1-21-20(23-15-9-12-18-10-3-2-4-11-18)22-14-6-8-17-24-16-7-5-13-19(24)25/h5,7,13,16,18H,2-4,6,8-12,14-15,17H2,1H3,(H2,21,22,23). The fraction of sp³-hybridized carbons (Fsp3) is 0.700. The maximum atomic E-state index is 11.6. The molecular formula is C20H34N4O. The maximum absolute atomic E-state index is 11.6. The van der Waals surface area contributed by atoms with E-state index in [1.807, 2.05) is 19.3 Å². The quantitative estimate of drug-likeness (QED) is 0.410. The van der Waals surface area contributed by atoms with Crippen LogP contribution in [-0.4, -0.2) is 30.7 Å². The van der Waals surface area contributed by atoms with E-state index in [1.165, 1.54) is 44.9 Å². The van der Waals surface area contributed by atoms with Crippen molar-refractivity contribution < 1.29 is 0 Å². The number of aromatic nitrogens is 1. The van der Waals surface area contributed by atoms with Crippen LogP contribution in [0.2, 0.25) is 0 Å². The molecule has 0 aliphatic heterocycles. The van der Waals surface area contributed by atoms with E-state index >= 15 is 0 Å². The van der Waals surface area contributed by atoms with Gasteiger partial charge < -0.3 is 15.2 Å². The van der Waals surface area contributed by atoms with Gasteiger partial charge in [-0.3, -0.25) is 9.79 Å². The van der Waals surface area contributed by atoms with Crippen LogP contribution in [0.3, 0.4) is 0 Å². The number of pyridine rings is 1. The highest BCUT2D eigenvalue weighted by Crippen LogP contribution is 2.26. The molecule has 2 rings (SSSR count). The third kappa shape index (κ3) is 7.76. The lowest BCUT2D eigenvalue weighted by atomic mass is 9.86. The van der Waals surface area contributed by atoms with Crippen molar-refractivity contribution in [1.82, 2.24) is 15.2 Å². The van der Waals surface area contributed by atoms with E-state index in [0.717, 1.165) is 44.4 Å². The maximum Gasteiger partial charge on any atom is 0.250 e. The second kappa shape index (κ2) is 11.7. The Bertz CT molecular complexity index is 561. The summed E-state index contributed by atoms with van der Waals surface area (Å²) in [6, 6.07) is 5.29. The first-order chi connectivity index (χ1) is 12.3. The minimum atomic E-state index is 0.0749. The van der Waals surface area contributed by atoms with Gasteiger partial charge in [0.2, 0.25) is 5.56 Å². The monoisotopic (exact) mass is 346 g/mol. The van der Waals surface area contributed by atoms with Gasteiger partial charge in [0.05, 0.1) is 0 Å². The molecule has 0 aromatic carbocycles. The minimum absolute atomic E-state index is 0.0749. The number of rotatable bonds is 9. The average Bonchev–Trinajstić information content (AvgIpc) is 2.65. The summed E-state index contributed by atoms with van der Waals surface area (Å²) in [5.41, 5.74) is 0.0749. The molecule has 1 aromatic rings. The Labute approximate surface area is 151 Å². The highest BCUT2D eigenvalue weighted by Gasteiger charge is 2.12. The summed E-state index contributed by atoms with van der Waals surface area (Å²) in [5, 5.41) is 6.77. The highest BCUT2D eigenvalue weighted by atomic mass is 16.1. The van der Waals surface area contributed by atoms with E-state index in [9.17, 15) is 4.79 Å². The van der Waals surface area contributed by atoms with Gasteiger partial charge in [-0.15, -0.1) is 0 Å². The molecule has 0 saturated heterocycles. The first-order valence-electron chi connectivity index (χ1n) is 9.89. The van der Waals surface area contributed by atoms with Gasteiger partial charge in [0.1, 0.15) is 0 Å². The van der Waals surface area contributed by atoms with Gasteiger partial charge in [-0.2, -0.15) is 0 Å². The Kier molecular flexibility index (Phi) is 9.16. The van der Waals surface area contributed by atoms with Gasteiger partial charge in [-0.05, 0) is 37.7 Å². The van der Waals surface area contributed by atoms with Crippen LogP contribution < -0.4 is 16.2 Å². The largest absolute Gasteiger partial charge is 0.356 e. The lowest BCUT2D eigenvalue weighted by molar-refractivity contribution is 0.332. The summed E-state index contributed by atoms with van der Waals surface area (Å²) >= 11 is 0. The zero-order chi connectivity index (χ0) is 17.7. The Morgan fingerprint density at radius 3 is 2.60 bits per heavy atom. The van der Waals surface area contributed by atoms with Crippen molar-refractivity contribution in [3.05, 3.63) is 34.7 Å². The molecule has 25 heavy (non-hydrogen) atoms. The summed E-state index contributed by atoms with van der Waals surface area (Å²) in [7, 11) is 1.82. The van der Waals surface area contributed by atoms with Crippen LogP contribution in [0.25, 0.3) is 0 Å². The number of unbranched alkanes of at least 4 members (excludes halogenated alkanes) is 1. The molecule has 140 valence electrons. The van der Waals surface area contributed by atoms with Gasteiger partial charge in [0, 0.05) is 38.9 Å². The normalized spacial score (nSPS) is 16.0. The summed E-state index contributed by atoms with van der Waals surface area (Å²) < 4.78 is 1.76. The first-order valence-corrected chi connectivity index (χ1v) is 9.89. The number of aliphatic imine (C=N–C) groups is 1. The zero-order valence-corrected chi connectivity index (χ0v) is 15.7. The lowest BCUT2D eigenvalue weighted by Crippen LogP contribution is -2.38. The van der Waals surface area contributed by atoms with Crippen molar-refractivity contribution in [3.63, 3.8) is 0 Å². The summed E-state index contributed by atoms with van der Waals surface area (Å²) in [6.07, 6.45) is 13.6. The molecule has 1 aliphatic rings. The predicted molar refractivity (Wildman–Crippen MR) is 105 cm³/mol. The van der Waals surface area contributed by atoms with Gasteiger partial charge in [0.15, 0.2) is 5.96 Å². The van der Waals surface area contributed by atoms with E-state index in [2.05, 4.69) is 15.6 Å². The van der Waals surface area contributed by atoms with Crippen molar-refractivity contribution >= 4 is 5.96 Å². The van der Waals surface area contributed by atoms with Crippen LogP contribution in [0.15, 0.2) is 34.2 Å². The average molecular weight is 347 g/mol. The van der Waals surface area contributed by atoms with Crippen LogP contribution in [0.5, 0.6) is 0 Å². The highest BCUT2D eigenvalue weighted by molar-refractivity contribution is 5.79. The van der Waals surface area contributed by atoms with Crippen molar-refractivity contribution in [3.8, 4) is 0 Å². The molecule has 1 aromatic heterocycles. The number of nitrogens with one attached hydrogen (secondary N) is 2. The van der Waals surface area contributed by atoms with E-state index in [-0.39, 0.29) is 5.56 Å². The minimum Gasteiger partial charge on any atom is -0.356 e. The molecule has 0 atom stereocenters. The Hall–Kier alpha value is -1.78. The lowest BCUT2D eigenvalue weighted by Gasteiger charge is -2.21. The number of hydrogen-bond acceptors (Lipinski definition) is 2. The smallest absolute Gasteiger partial charge is 0.250 e. The number of aryl methyl sites for hydroxylation is 1. The molecule has 0 spiro atoms. The number of guanidine groups is 1.